The largest absolute Gasteiger partial charge is 0.497 e. The summed E-state index contributed by atoms with van der Waals surface area (Å²) in [5.74, 6) is 0.282. The van der Waals surface area contributed by atoms with Crippen LogP contribution < -0.4 is 15.4 Å². The lowest BCUT2D eigenvalue weighted by Gasteiger charge is -2.21. The molecule has 0 radical (unpaired) electrons. The molecule has 0 bridgehead atoms. The molecule has 1 heterocycles. The average molecular weight is 357 g/mol. The first-order valence-corrected chi connectivity index (χ1v) is 9.12. The van der Waals surface area contributed by atoms with Gasteiger partial charge in [0.1, 0.15) is 5.75 Å². The van der Waals surface area contributed by atoms with Gasteiger partial charge in [0.15, 0.2) is 0 Å². The van der Waals surface area contributed by atoms with Gasteiger partial charge in [0.05, 0.1) is 32.1 Å². The number of rotatable bonds is 6. The predicted molar refractivity (Wildman–Crippen MR) is 90.7 cm³/mol. The van der Waals surface area contributed by atoms with E-state index in [1.807, 2.05) is 0 Å². The van der Waals surface area contributed by atoms with Crippen molar-refractivity contribution in [1.82, 2.24) is 9.62 Å². The third kappa shape index (κ3) is 4.83. The van der Waals surface area contributed by atoms with Crippen LogP contribution >= 0.6 is 0 Å². The Kier molecular flexibility index (Phi) is 6.03. The monoisotopic (exact) mass is 357 g/mol. The standard InChI is InChI=1S/C15H23N3O5S/c1-18(2)24(20,21)10-11-8-23-9-14(11)17-15(19)16-12-5-4-6-13(7-12)22-3/h4-7,11,14H,8-10H2,1-3H3,(H2,16,17,19)/t11-,14-/m0/s1. The van der Waals surface area contributed by atoms with E-state index in [0.717, 1.165) is 0 Å². The minimum absolute atomic E-state index is 0.0654. The van der Waals surface area contributed by atoms with E-state index in [1.165, 1.54) is 18.4 Å². The van der Waals surface area contributed by atoms with Gasteiger partial charge in [-0.05, 0) is 12.1 Å². The molecule has 0 saturated carbocycles. The summed E-state index contributed by atoms with van der Waals surface area (Å²) >= 11 is 0. The van der Waals surface area contributed by atoms with E-state index < -0.39 is 16.1 Å². The minimum atomic E-state index is -3.35. The molecule has 2 amide bonds. The number of ether oxygens (including phenoxy) is 2. The number of amides is 2. The first-order valence-electron chi connectivity index (χ1n) is 7.51. The fraction of sp³-hybridized carbons (Fsp3) is 0.533. The highest BCUT2D eigenvalue weighted by Gasteiger charge is 2.34. The van der Waals surface area contributed by atoms with Gasteiger partial charge in [-0.25, -0.2) is 17.5 Å². The predicted octanol–water partition coefficient (Wildman–Crippen LogP) is 0.723. The fourth-order valence-electron chi connectivity index (χ4n) is 2.38. The molecule has 2 atom stereocenters. The fourth-order valence-corrected chi connectivity index (χ4v) is 3.55. The van der Waals surface area contributed by atoms with E-state index in [1.54, 1.807) is 31.4 Å². The Morgan fingerprint density at radius 1 is 1.38 bits per heavy atom. The maximum Gasteiger partial charge on any atom is 0.319 e. The van der Waals surface area contributed by atoms with Crippen LogP contribution in [0.1, 0.15) is 0 Å². The summed E-state index contributed by atoms with van der Waals surface area (Å²) in [6.07, 6.45) is 0. The molecule has 0 unspecified atom stereocenters. The molecule has 2 N–H and O–H groups in total. The summed E-state index contributed by atoms with van der Waals surface area (Å²) in [5, 5.41) is 5.48. The molecule has 9 heteroatoms. The van der Waals surface area contributed by atoms with Gasteiger partial charge in [0.2, 0.25) is 10.0 Å². The third-order valence-corrected chi connectivity index (χ3v) is 5.79. The number of benzene rings is 1. The Morgan fingerprint density at radius 2 is 2.12 bits per heavy atom. The highest BCUT2D eigenvalue weighted by atomic mass is 32.2. The second-order valence-electron chi connectivity index (χ2n) is 5.80. The van der Waals surface area contributed by atoms with E-state index in [9.17, 15) is 13.2 Å². The van der Waals surface area contributed by atoms with Crippen molar-refractivity contribution < 1.29 is 22.7 Å². The highest BCUT2D eigenvalue weighted by molar-refractivity contribution is 7.89. The van der Waals surface area contributed by atoms with Crippen molar-refractivity contribution in [3.05, 3.63) is 24.3 Å². The molecule has 1 aromatic carbocycles. The molecular weight excluding hydrogens is 334 g/mol. The molecule has 0 spiro atoms. The van der Waals surface area contributed by atoms with E-state index in [0.29, 0.717) is 24.7 Å². The second kappa shape index (κ2) is 7.82. The topological polar surface area (TPSA) is 97.0 Å². The number of sulfonamides is 1. The molecule has 24 heavy (non-hydrogen) atoms. The molecule has 1 aliphatic heterocycles. The summed E-state index contributed by atoms with van der Waals surface area (Å²) < 4.78 is 35.6. The zero-order valence-corrected chi connectivity index (χ0v) is 14.8. The summed E-state index contributed by atoms with van der Waals surface area (Å²) in [6, 6.07) is 6.20. The van der Waals surface area contributed by atoms with Crippen LogP contribution in [0, 0.1) is 5.92 Å². The molecule has 1 aliphatic rings. The summed E-state index contributed by atoms with van der Waals surface area (Å²) in [6.45, 7) is 0.594. The van der Waals surface area contributed by atoms with Gasteiger partial charge in [0, 0.05) is 31.8 Å². The highest BCUT2D eigenvalue weighted by Crippen LogP contribution is 2.19. The van der Waals surface area contributed by atoms with Crippen LogP contribution in [0.2, 0.25) is 0 Å². The quantitative estimate of drug-likeness (QED) is 0.782. The smallest absolute Gasteiger partial charge is 0.319 e. The molecule has 1 aromatic rings. The van der Waals surface area contributed by atoms with Gasteiger partial charge in [-0.15, -0.1) is 0 Å². The number of carbonyl (C=O) groups is 1. The van der Waals surface area contributed by atoms with Crippen molar-refractivity contribution in [1.29, 1.82) is 0 Å². The maximum atomic E-state index is 12.1. The molecule has 0 aromatic heterocycles. The van der Waals surface area contributed by atoms with Crippen molar-refractivity contribution in [2.45, 2.75) is 6.04 Å². The molecule has 8 nitrogen and oxygen atoms in total. The lowest BCUT2D eigenvalue weighted by Crippen LogP contribution is -2.45. The summed E-state index contributed by atoms with van der Waals surface area (Å²) in [5.41, 5.74) is 0.586. The Hall–Kier alpha value is -1.84. The van der Waals surface area contributed by atoms with E-state index >= 15 is 0 Å². The van der Waals surface area contributed by atoms with Crippen LogP contribution in [0.3, 0.4) is 0 Å². The van der Waals surface area contributed by atoms with Crippen LogP contribution in [0.25, 0.3) is 0 Å². The zero-order valence-electron chi connectivity index (χ0n) is 14.0. The molecular formula is C15H23N3O5S. The number of carbonyl (C=O) groups excluding carboxylic acids is 1. The normalized spacial score (nSPS) is 20.8. The van der Waals surface area contributed by atoms with E-state index in [4.69, 9.17) is 9.47 Å². The lowest BCUT2D eigenvalue weighted by molar-refractivity contribution is 0.184. The first kappa shape index (κ1) is 18.5. The SMILES string of the molecule is COc1cccc(NC(=O)N[C@H]2COC[C@H]2CS(=O)(=O)N(C)C)c1. The summed E-state index contributed by atoms with van der Waals surface area (Å²) in [7, 11) is 1.17. The van der Waals surface area contributed by atoms with Gasteiger partial charge in [-0.2, -0.15) is 0 Å². The van der Waals surface area contributed by atoms with Crippen LogP contribution in [-0.2, 0) is 14.8 Å². The van der Waals surface area contributed by atoms with Crippen molar-refractivity contribution in [3.63, 3.8) is 0 Å². The number of methoxy groups -OCH3 is 1. The van der Waals surface area contributed by atoms with Gasteiger partial charge in [-0.1, -0.05) is 6.07 Å². The third-order valence-electron chi connectivity index (χ3n) is 3.82. The number of nitrogens with one attached hydrogen (secondary N) is 2. The Balaban J connectivity index is 1.95. The van der Waals surface area contributed by atoms with E-state index in [2.05, 4.69) is 10.6 Å². The van der Waals surface area contributed by atoms with Crippen LogP contribution in [-0.4, -0.2) is 65.0 Å². The zero-order chi connectivity index (χ0) is 17.7. The Labute approximate surface area is 142 Å². The second-order valence-corrected chi connectivity index (χ2v) is 8.02. The van der Waals surface area contributed by atoms with E-state index in [-0.39, 0.29) is 17.7 Å². The molecule has 134 valence electrons. The number of nitrogens with zero attached hydrogens (tertiary/aromatic N) is 1. The molecule has 2 rings (SSSR count). The summed E-state index contributed by atoms with van der Waals surface area (Å²) in [4.78, 5) is 12.1. The molecule has 1 fully saturated rings. The van der Waals surface area contributed by atoms with Crippen LogP contribution in [0.15, 0.2) is 24.3 Å². The van der Waals surface area contributed by atoms with Gasteiger partial charge in [-0.3, -0.25) is 0 Å². The molecule has 0 aliphatic carbocycles. The number of hydrogen-bond acceptors (Lipinski definition) is 5. The van der Waals surface area contributed by atoms with Crippen molar-refractivity contribution in [2.75, 3.05) is 45.5 Å². The minimum Gasteiger partial charge on any atom is -0.497 e. The Bertz CT molecular complexity index is 677. The van der Waals surface area contributed by atoms with Gasteiger partial charge >= 0.3 is 6.03 Å². The first-order chi connectivity index (χ1) is 11.3. The van der Waals surface area contributed by atoms with Crippen molar-refractivity contribution in [2.24, 2.45) is 5.92 Å². The number of hydrogen-bond donors (Lipinski definition) is 2. The van der Waals surface area contributed by atoms with Crippen LogP contribution in [0.5, 0.6) is 5.75 Å². The number of anilines is 1. The van der Waals surface area contributed by atoms with Gasteiger partial charge in [0.25, 0.3) is 0 Å². The van der Waals surface area contributed by atoms with Crippen molar-refractivity contribution >= 4 is 21.7 Å². The average Bonchev–Trinajstić information content (AvgIpc) is 2.93. The lowest BCUT2D eigenvalue weighted by atomic mass is 10.1. The number of urea groups is 1. The Morgan fingerprint density at radius 3 is 2.79 bits per heavy atom. The van der Waals surface area contributed by atoms with Crippen LogP contribution in [0.4, 0.5) is 10.5 Å². The van der Waals surface area contributed by atoms with Gasteiger partial charge < -0.3 is 20.1 Å². The molecule has 1 saturated heterocycles. The maximum absolute atomic E-state index is 12.1. The van der Waals surface area contributed by atoms with Crippen molar-refractivity contribution in [3.8, 4) is 5.75 Å².